The van der Waals surface area contributed by atoms with Crippen LogP contribution >= 0.6 is 11.6 Å². The predicted molar refractivity (Wildman–Crippen MR) is 84.1 cm³/mol. The number of hydrogen-bond acceptors (Lipinski definition) is 5. The molecule has 1 unspecified atom stereocenters. The molecule has 0 saturated heterocycles. The van der Waals surface area contributed by atoms with Gasteiger partial charge in [0.25, 0.3) is 0 Å². The number of nitrogens with one attached hydrogen (secondary N) is 2. The van der Waals surface area contributed by atoms with Gasteiger partial charge in [-0.15, -0.1) is 0 Å². The monoisotopic (exact) mass is 354 g/mol. The Labute approximate surface area is 138 Å². The number of pyridine rings is 1. The van der Waals surface area contributed by atoms with Crippen molar-refractivity contribution in [1.82, 2.24) is 19.9 Å². The average Bonchev–Trinajstić information content (AvgIpc) is 2.96. The third-order valence-corrected chi connectivity index (χ3v) is 5.24. The molecule has 2 N–H and O–H groups in total. The van der Waals surface area contributed by atoms with Crippen LogP contribution < -0.4 is 4.72 Å². The fraction of sp³-hybridized carbons (Fsp3) is 0.357. The van der Waals surface area contributed by atoms with Gasteiger partial charge in [-0.1, -0.05) is 17.7 Å². The highest BCUT2D eigenvalue weighted by Gasteiger charge is 2.28. The molecular formula is C14H15ClN4O3S. The lowest BCUT2D eigenvalue weighted by Gasteiger charge is -2.20. The third-order valence-electron chi connectivity index (χ3n) is 3.79. The molecule has 0 radical (unpaired) electrons. The first kappa shape index (κ1) is 15.9. The smallest absolute Gasteiger partial charge is 0.239 e. The lowest BCUT2D eigenvalue weighted by atomic mass is 9.88. The van der Waals surface area contributed by atoms with Gasteiger partial charge in [0.15, 0.2) is 0 Å². The number of aromatic amines is 1. The van der Waals surface area contributed by atoms with Gasteiger partial charge in [0.2, 0.25) is 15.9 Å². The van der Waals surface area contributed by atoms with Crippen LogP contribution in [0.1, 0.15) is 23.2 Å². The maximum atomic E-state index is 12.2. The lowest BCUT2D eigenvalue weighted by Crippen LogP contribution is -2.38. The number of aryl methyl sites for hydroxylation is 1. The van der Waals surface area contributed by atoms with E-state index in [1.54, 1.807) is 12.3 Å². The van der Waals surface area contributed by atoms with Crippen molar-refractivity contribution in [3.63, 3.8) is 0 Å². The van der Waals surface area contributed by atoms with Crippen molar-refractivity contribution in [2.75, 3.05) is 0 Å². The number of sulfonamides is 1. The number of carbonyl (C=O) groups excluding carboxylic acids is 1. The van der Waals surface area contributed by atoms with Crippen LogP contribution in [-0.2, 0) is 33.4 Å². The molecule has 0 fully saturated rings. The second-order valence-corrected chi connectivity index (χ2v) is 7.64. The van der Waals surface area contributed by atoms with Crippen molar-refractivity contribution >= 4 is 27.5 Å². The first-order valence-electron chi connectivity index (χ1n) is 7.09. The van der Waals surface area contributed by atoms with Gasteiger partial charge in [-0.05, 0) is 30.0 Å². The normalized spacial score (nSPS) is 17.5. The third kappa shape index (κ3) is 3.89. The molecule has 2 aromatic heterocycles. The summed E-state index contributed by atoms with van der Waals surface area (Å²) in [5, 5.41) is 7.08. The van der Waals surface area contributed by atoms with Crippen LogP contribution in [0.25, 0.3) is 0 Å². The van der Waals surface area contributed by atoms with E-state index in [2.05, 4.69) is 19.9 Å². The summed E-state index contributed by atoms with van der Waals surface area (Å²) in [4.78, 5) is 16.1. The molecule has 0 aromatic carbocycles. The molecule has 3 rings (SSSR count). The Morgan fingerprint density at radius 2 is 2.22 bits per heavy atom. The average molecular weight is 355 g/mol. The van der Waals surface area contributed by atoms with Crippen LogP contribution in [-0.4, -0.2) is 29.5 Å². The van der Waals surface area contributed by atoms with Crippen molar-refractivity contribution in [3.8, 4) is 0 Å². The second kappa shape index (κ2) is 6.29. The highest BCUT2D eigenvalue weighted by Crippen LogP contribution is 2.24. The Kier molecular flexibility index (Phi) is 4.36. The molecule has 0 saturated carbocycles. The van der Waals surface area contributed by atoms with Crippen LogP contribution in [0.15, 0.2) is 24.5 Å². The summed E-state index contributed by atoms with van der Waals surface area (Å²) in [6.45, 7) is 0. The second-order valence-electron chi connectivity index (χ2n) is 5.53. The Morgan fingerprint density at radius 1 is 1.39 bits per heavy atom. The molecule has 7 nitrogen and oxygen atoms in total. The fourth-order valence-electron chi connectivity index (χ4n) is 2.62. The molecule has 1 amide bonds. The fourth-order valence-corrected chi connectivity index (χ4v) is 3.88. The largest absolute Gasteiger partial charge is 0.282 e. The van der Waals surface area contributed by atoms with E-state index in [4.69, 9.17) is 11.6 Å². The first-order valence-corrected chi connectivity index (χ1v) is 9.12. The molecule has 122 valence electrons. The standard InChI is InChI=1S/C14H15ClN4O3S/c15-13-4-1-9(6-16-13)8-23(21,22)19-14(20)10-2-3-11-7-17-18-12(11)5-10/h1,4,6-7,10H,2-3,5,8H2,(H,17,18)(H,19,20). The number of carbonyl (C=O) groups is 1. The zero-order valence-electron chi connectivity index (χ0n) is 12.1. The molecule has 1 atom stereocenters. The maximum Gasteiger partial charge on any atom is 0.239 e. The summed E-state index contributed by atoms with van der Waals surface area (Å²) >= 11 is 5.66. The zero-order chi connectivity index (χ0) is 16.4. The topological polar surface area (TPSA) is 105 Å². The summed E-state index contributed by atoms with van der Waals surface area (Å²) in [6, 6.07) is 3.08. The number of hydrogen-bond donors (Lipinski definition) is 2. The van der Waals surface area contributed by atoms with Crippen molar-refractivity contribution < 1.29 is 13.2 Å². The summed E-state index contributed by atoms with van der Waals surface area (Å²) < 4.78 is 26.4. The van der Waals surface area contributed by atoms with E-state index in [1.165, 1.54) is 12.3 Å². The van der Waals surface area contributed by atoms with E-state index in [-0.39, 0.29) is 16.8 Å². The number of halogens is 1. The van der Waals surface area contributed by atoms with E-state index in [0.29, 0.717) is 24.8 Å². The molecule has 23 heavy (non-hydrogen) atoms. The molecular weight excluding hydrogens is 340 g/mol. The van der Waals surface area contributed by atoms with Crippen LogP contribution in [0.5, 0.6) is 0 Å². The Balaban J connectivity index is 1.64. The molecule has 0 bridgehead atoms. The van der Waals surface area contributed by atoms with E-state index in [1.807, 2.05) is 0 Å². The van der Waals surface area contributed by atoms with Gasteiger partial charge in [0.05, 0.1) is 11.9 Å². The molecule has 0 spiro atoms. The molecule has 9 heteroatoms. The summed E-state index contributed by atoms with van der Waals surface area (Å²) in [5.41, 5.74) is 2.45. The van der Waals surface area contributed by atoms with Gasteiger partial charge < -0.3 is 0 Å². The molecule has 2 heterocycles. The minimum absolute atomic E-state index is 0.285. The summed E-state index contributed by atoms with van der Waals surface area (Å²) in [7, 11) is -3.77. The van der Waals surface area contributed by atoms with E-state index < -0.39 is 15.9 Å². The Bertz CT molecular complexity index is 817. The number of nitrogens with zero attached hydrogens (tertiary/aromatic N) is 2. The number of amides is 1. The van der Waals surface area contributed by atoms with Gasteiger partial charge in [-0.2, -0.15) is 5.10 Å². The minimum Gasteiger partial charge on any atom is -0.282 e. The van der Waals surface area contributed by atoms with Crippen LogP contribution in [0, 0.1) is 5.92 Å². The van der Waals surface area contributed by atoms with Crippen molar-refractivity contribution in [2.45, 2.75) is 25.0 Å². The predicted octanol–water partition coefficient (Wildman–Crippen LogP) is 1.21. The highest BCUT2D eigenvalue weighted by atomic mass is 35.5. The molecule has 0 aliphatic heterocycles. The Morgan fingerprint density at radius 3 is 2.96 bits per heavy atom. The highest BCUT2D eigenvalue weighted by molar-refractivity contribution is 7.89. The van der Waals surface area contributed by atoms with Gasteiger partial charge >= 0.3 is 0 Å². The number of H-pyrrole nitrogens is 1. The number of rotatable bonds is 4. The number of fused-ring (bicyclic) bond motifs is 1. The van der Waals surface area contributed by atoms with Crippen LogP contribution in [0.2, 0.25) is 5.15 Å². The van der Waals surface area contributed by atoms with Gasteiger partial charge in [-0.25, -0.2) is 13.4 Å². The van der Waals surface area contributed by atoms with E-state index in [0.717, 1.165) is 11.3 Å². The van der Waals surface area contributed by atoms with Gasteiger partial charge in [-0.3, -0.25) is 14.6 Å². The van der Waals surface area contributed by atoms with Crippen molar-refractivity contribution in [3.05, 3.63) is 46.5 Å². The minimum atomic E-state index is -3.77. The van der Waals surface area contributed by atoms with Crippen LogP contribution in [0.4, 0.5) is 0 Å². The van der Waals surface area contributed by atoms with Crippen molar-refractivity contribution in [2.24, 2.45) is 5.92 Å². The summed E-state index contributed by atoms with van der Waals surface area (Å²) in [6.07, 6.45) is 4.91. The lowest BCUT2D eigenvalue weighted by molar-refractivity contribution is -0.123. The number of aromatic nitrogens is 3. The quantitative estimate of drug-likeness (QED) is 0.803. The maximum absolute atomic E-state index is 12.2. The Hall–Kier alpha value is -1.93. The SMILES string of the molecule is O=C(NS(=O)(=O)Cc1ccc(Cl)nc1)C1CCc2cn[nH]c2C1. The molecule has 1 aliphatic carbocycles. The van der Waals surface area contributed by atoms with E-state index >= 15 is 0 Å². The summed E-state index contributed by atoms with van der Waals surface area (Å²) in [5.74, 6) is -1.17. The first-order chi connectivity index (χ1) is 10.9. The molecule has 1 aliphatic rings. The van der Waals surface area contributed by atoms with Crippen molar-refractivity contribution in [1.29, 1.82) is 0 Å². The van der Waals surface area contributed by atoms with Crippen LogP contribution in [0.3, 0.4) is 0 Å². The van der Waals surface area contributed by atoms with E-state index in [9.17, 15) is 13.2 Å². The molecule has 2 aromatic rings. The van der Waals surface area contributed by atoms with Gasteiger partial charge in [0.1, 0.15) is 5.15 Å². The van der Waals surface area contributed by atoms with Gasteiger partial charge in [0, 0.05) is 24.2 Å². The zero-order valence-corrected chi connectivity index (χ0v) is 13.7.